The maximum Gasteiger partial charge on any atom is 0.251 e. The van der Waals surface area contributed by atoms with Crippen molar-refractivity contribution in [3.8, 4) is 0 Å². The summed E-state index contributed by atoms with van der Waals surface area (Å²) < 4.78 is 1.04. The summed E-state index contributed by atoms with van der Waals surface area (Å²) in [6, 6.07) is 9.40. The van der Waals surface area contributed by atoms with Crippen LogP contribution in [0.4, 0.5) is 11.5 Å². The first-order valence-electron chi connectivity index (χ1n) is 6.84. The number of benzene rings is 1. The van der Waals surface area contributed by atoms with Crippen LogP contribution in [0.15, 0.2) is 36.5 Å². The van der Waals surface area contributed by atoms with E-state index in [4.69, 9.17) is 0 Å². The van der Waals surface area contributed by atoms with Crippen molar-refractivity contribution < 1.29 is 4.79 Å². The van der Waals surface area contributed by atoms with Gasteiger partial charge in [0.2, 0.25) is 0 Å². The predicted molar refractivity (Wildman–Crippen MR) is 96.3 cm³/mol. The molecule has 0 aliphatic heterocycles. The van der Waals surface area contributed by atoms with Crippen LogP contribution < -0.4 is 15.5 Å². The van der Waals surface area contributed by atoms with Crippen LogP contribution in [0.25, 0.3) is 0 Å². The Kier molecular flexibility index (Phi) is 5.93. The average molecular weight is 411 g/mol. The zero-order chi connectivity index (χ0) is 15.9. The van der Waals surface area contributed by atoms with Gasteiger partial charge in [0.05, 0.1) is 11.9 Å². The minimum absolute atomic E-state index is 0.0755. The number of nitrogens with zero attached hydrogens (tertiary/aromatic N) is 3. The number of aromatic nitrogens is 2. The highest BCUT2D eigenvalue weighted by Gasteiger charge is 2.05. The molecule has 116 valence electrons. The third-order valence-corrected chi connectivity index (χ3v) is 3.63. The Labute approximate surface area is 143 Å². The van der Waals surface area contributed by atoms with Crippen molar-refractivity contribution in [2.75, 3.05) is 37.4 Å². The van der Waals surface area contributed by atoms with Gasteiger partial charge in [0.25, 0.3) is 5.91 Å². The SMILES string of the molecule is CN(C)c1cnnc(NCCNC(=O)c2cccc(I)c2)c1. The van der Waals surface area contributed by atoms with Gasteiger partial charge in [-0.2, -0.15) is 5.10 Å². The molecule has 0 saturated heterocycles. The van der Waals surface area contributed by atoms with Gasteiger partial charge in [-0.05, 0) is 40.8 Å². The lowest BCUT2D eigenvalue weighted by molar-refractivity contribution is 0.0955. The van der Waals surface area contributed by atoms with Crippen LogP contribution in [-0.2, 0) is 0 Å². The highest BCUT2D eigenvalue weighted by atomic mass is 127. The molecule has 0 radical (unpaired) electrons. The van der Waals surface area contributed by atoms with E-state index < -0.39 is 0 Å². The number of halogens is 1. The molecule has 1 heterocycles. The lowest BCUT2D eigenvalue weighted by Gasteiger charge is -2.13. The first-order valence-corrected chi connectivity index (χ1v) is 7.92. The van der Waals surface area contributed by atoms with Gasteiger partial charge in [0.1, 0.15) is 0 Å². The monoisotopic (exact) mass is 411 g/mol. The van der Waals surface area contributed by atoms with Crippen LogP contribution in [0.1, 0.15) is 10.4 Å². The molecule has 6 nitrogen and oxygen atoms in total. The molecule has 0 aliphatic carbocycles. The molecule has 0 unspecified atom stereocenters. The van der Waals surface area contributed by atoms with E-state index in [2.05, 4.69) is 43.4 Å². The van der Waals surface area contributed by atoms with Crippen LogP contribution >= 0.6 is 22.6 Å². The van der Waals surface area contributed by atoms with Crippen molar-refractivity contribution >= 4 is 40.0 Å². The lowest BCUT2D eigenvalue weighted by Crippen LogP contribution is -2.29. The summed E-state index contributed by atoms with van der Waals surface area (Å²) in [4.78, 5) is 13.9. The number of amides is 1. The molecule has 0 saturated carbocycles. The fourth-order valence-electron chi connectivity index (χ4n) is 1.79. The van der Waals surface area contributed by atoms with E-state index in [1.165, 1.54) is 0 Å². The molecule has 0 aliphatic rings. The zero-order valence-corrected chi connectivity index (χ0v) is 14.7. The van der Waals surface area contributed by atoms with Crippen molar-refractivity contribution in [1.82, 2.24) is 15.5 Å². The number of carbonyl (C=O) groups is 1. The van der Waals surface area contributed by atoms with Crippen LogP contribution in [0.2, 0.25) is 0 Å². The normalized spacial score (nSPS) is 10.1. The minimum atomic E-state index is -0.0755. The quantitative estimate of drug-likeness (QED) is 0.562. The molecule has 0 fully saturated rings. The second-order valence-electron chi connectivity index (χ2n) is 4.89. The van der Waals surface area contributed by atoms with E-state index in [-0.39, 0.29) is 5.91 Å². The van der Waals surface area contributed by atoms with E-state index in [1.54, 1.807) is 12.3 Å². The second kappa shape index (κ2) is 7.92. The summed E-state index contributed by atoms with van der Waals surface area (Å²) in [5.74, 6) is 0.614. The van der Waals surface area contributed by atoms with Crippen molar-refractivity contribution in [3.63, 3.8) is 0 Å². The smallest absolute Gasteiger partial charge is 0.251 e. The Hall–Kier alpha value is -1.90. The van der Waals surface area contributed by atoms with Crippen molar-refractivity contribution in [3.05, 3.63) is 45.7 Å². The summed E-state index contributed by atoms with van der Waals surface area (Å²) in [6.07, 6.45) is 1.70. The maximum atomic E-state index is 12.0. The standard InChI is InChI=1S/C15H18IN5O/c1-21(2)13-9-14(20-19-10-13)17-6-7-18-15(22)11-4-3-5-12(16)8-11/h3-5,8-10H,6-7H2,1-2H3,(H,17,20)(H,18,22). The van der Waals surface area contributed by atoms with Crippen molar-refractivity contribution in [2.45, 2.75) is 0 Å². The Morgan fingerprint density at radius 2 is 2.09 bits per heavy atom. The lowest BCUT2D eigenvalue weighted by atomic mass is 10.2. The molecule has 22 heavy (non-hydrogen) atoms. The molecule has 2 aromatic rings. The van der Waals surface area contributed by atoms with Crippen LogP contribution in [0.3, 0.4) is 0 Å². The van der Waals surface area contributed by atoms with Gasteiger partial charge in [0, 0.05) is 42.4 Å². The van der Waals surface area contributed by atoms with Gasteiger partial charge in [-0.1, -0.05) is 6.07 Å². The van der Waals surface area contributed by atoms with E-state index >= 15 is 0 Å². The molecule has 0 bridgehead atoms. The first kappa shape index (κ1) is 16.5. The molecular formula is C15H18IN5O. The Balaban J connectivity index is 1.80. The van der Waals surface area contributed by atoms with Gasteiger partial charge < -0.3 is 15.5 Å². The molecule has 0 spiro atoms. The predicted octanol–water partition coefficient (Wildman–Crippen LogP) is 1.99. The Morgan fingerprint density at radius 3 is 2.82 bits per heavy atom. The third kappa shape index (κ3) is 4.83. The van der Waals surface area contributed by atoms with Crippen LogP contribution in [0, 0.1) is 3.57 Å². The van der Waals surface area contributed by atoms with Crippen molar-refractivity contribution in [1.29, 1.82) is 0 Å². The fourth-order valence-corrected chi connectivity index (χ4v) is 2.33. The molecule has 2 N–H and O–H groups in total. The molecule has 1 aromatic heterocycles. The summed E-state index contributed by atoms with van der Waals surface area (Å²) in [5, 5.41) is 14.0. The van der Waals surface area contributed by atoms with E-state index in [0.29, 0.717) is 24.5 Å². The minimum Gasteiger partial charge on any atom is -0.376 e. The summed E-state index contributed by atoms with van der Waals surface area (Å²) in [7, 11) is 3.89. The summed E-state index contributed by atoms with van der Waals surface area (Å²) in [6.45, 7) is 1.10. The number of hydrogen-bond acceptors (Lipinski definition) is 5. The van der Waals surface area contributed by atoms with E-state index in [1.807, 2.05) is 43.3 Å². The second-order valence-corrected chi connectivity index (χ2v) is 6.13. The highest BCUT2D eigenvalue weighted by Crippen LogP contribution is 2.12. The fraction of sp³-hybridized carbons (Fsp3) is 0.267. The first-order chi connectivity index (χ1) is 10.6. The largest absolute Gasteiger partial charge is 0.376 e. The summed E-state index contributed by atoms with van der Waals surface area (Å²) >= 11 is 2.19. The molecule has 2 rings (SSSR count). The van der Waals surface area contributed by atoms with E-state index in [9.17, 15) is 4.79 Å². The summed E-state index contributed by atoms with van der Waals surface area (Å²) in [5.41, 5.74) is 1.64. The van der Waals surface area contributed by atoms with Gasteiger partial charge in [-0.25, -0.2) is 0 Å². The number of nitrogens with one attached hydrogen (secondary N) is 2. The van der Waals surface area contributed by atoms with E-state index in [0.717, 1.165) is 9.26 Å². The topological polar surface area (TPSA) is 70.2 Å². The number of anilines is 2. The van der Waals surface area contributed by atoms with Gasteiger partial charge in [-0.15, -0.1) is 5.10 Å². The van der Waals surface area contributed by atoms with Crippen molar-refractivity contribution in [2.24, 2.45) is 0 Å². The van der Waals surface area contributed by atoms with Gasteiger partial charge in [0.15, 0.2) is 5.82 Å². The maximum absolute atomic E-state index is 12.0. The van der Waals surface area contributed by atoms with Crippen LogP contribution in [-0.4, -0.2) is 43.3 Å². The molecule has 1 aromatic carbocycles. The van der Waals surface area contributed by atoms with Crippen LogP contribution in [0.5, 0.6) is 0 Å². The Bertz CT molecular complexity index is 647. The molecular weight excluding hydrogens is 393 g/mol. The number of hydrogen-bond donors (Lipinski definition) is 2. The molecule has 7 heteroatoms. The third-order valence-electron chi connectivity index (χ3n) is 2.96. The average Bonchev–Trinajstić information content (AvgIpc) is 2.51. The highest BCUT2D eigenvalue weighted by molar-refractivity contribution is 14.1. The van der Waals surface area contributed by atoms with Gasteiger partial charge in [-0.3, -0.25) is 4.79 Å². The Morgan fingerprint density at radius 1 is 1.27 bits per heavy atom. The number of carbonyl (C=O) groups excluding carboxylic acids is 1. The number of rotatable bonds is 6. The molecule has 1 amide bonds. The van der Waals surface area contributed by atoms with Gasteiger partial charge >= 0.3 is 0 Å². The molecule has 0 atom stereocenters. The zero-order valence-electron chi connectivity index (χ0n) is 12.5.